The van der Waals surface area contributed by atoms with Crippen LogP contribution < -0.4 is 0 Å². The van der Waals surface area contributed by atoms with E-state index >= 15 is 0 Å². The molecule has 3 rings (SSSR count). The van der Waals surface area contributed by atoms with Crippen LogP contribution in [0.25, 0.3) is 17.3 Å². The van der Waals surface area contributed by atoms with Crippen LogP contribution in [-0.4, -0.2) is 25.1 Å². The molecule has 7 heteroatoms. The Morgan fingerprint density at radius 2 is 2.00 bits per heavy atom. The van der Waals surface area contributed by atoms with E-state index in [9.17, 15) is 4.39 Å². The first kappa shape index (κ1) is 12.5. The topological polar surface area (TPSA) is 69.6 Å². The fourth-order valence-corrected chi connectivity index (χ4v) is 1.88. The van der Waals surface area contributed by atoms with Gasteiger partial charge in [0.1, 0.15) is 5.82 Å². The van der Waals surface area contributed by atoms with Crippen LogP contribution in [0.1, 0.15) is 17.1 Å². The second-order valence-corrected chi connectivity index (χ2v) is 4.52. The molecule has 0 atom stereocenters. The van der Waals surface area contributed by atoms with Gasteiger partial charge in [0.05, 0.1) is 11.4 Å². The molecule has 2 heterocycles. The van der Waals surface area contributed by atoms with Crippen molar-refractivity contribution in [3.63, 3.8) is 0 Å². The van der Waals surface area contributed by atoms with Crippen LogP contribution in [-0.2, 0) is 0 Å². The van der Waals surface area contributed by atoms with Gasteiger partial charge >= 0.3 is 0 Å². The van der Waals surface area contributed by atoms with Crippen LogP contribution in [0.5, 0.6) is 0 Å². The molecule has 0 spiro atoms. The molecule has 0 radical (unpaired) electrons. The van der Waals surface area contributed by atoms with E-state index in [2.05, 4.69) is 20.5 Å². The largest absolute Gasteiger partial charge is 0.332 e. The van der Waals surface area contributed by atoms with Crippen molar-refractivity contribution < 1.29 is 8.91 Å². The van der Waals surface area contributed by atoms with Gasteiger partial charge in [0.2, 0.25) is 0 Å². The second-order valence-electron chi connectivity index (χ2n) is 4.52. The highest BCUT2D eigenvalue weighted by molar-refractivity contribution is 5.51. The van der Waals surface area contributed by atoms with E-state index in [1.54, 1.807) is 26.0 Å². The van der Waals surface area contributed by atoms with E-state index in [0.29, 0.717) is 34.4 Å². The van der Waals surface area contributed by atoms with Crippen molar-refractivity contribution in [3.8, 4) is 17.3 Å². The minimum Gasteiger partial charge on any atom is -0.332 e. The molecule has 0 saturated heterocycles. The molecule has 0 unspecified atom stereocenters. The molecule has 0 bridgehead atoms. The molecule has 1 aromatic carbocycles. The first-order valence-corrected chi connectivity index (χ1v) is 6.06. The predicted octanol–water partition coefficient (Wildman–Crippen LogP) is 2.38. The van der Waals surface area contributed by atoms with Crippen LogP contribution in [0.2, 0.25) is 0 Å². The lowest BCUT2D eigenvalue weighted by molar-refractivity contribution is 0.424. The summed E-state index contributed by atoms with van der Waals surface area (Å²) in [5.41, 5.74) is 2.38. The molecule has 0 saturated carbocycles. The maximum absolute atomic E-state index is 13.6. The number of halogens is 1. The van der Waals surface area contributed by atoms with Crippen molar-refractivity contribution in [2.75, 3.05) is 0 Å². The minimum atomic E-state index is -0.285. The Labute approximate surface area is 114 Å². The van der Waals surface area contributed by atoms with Crippen molar-refractivity contribution in [3.05, 3.63) is 41.1 Å². The molecule has 0 amide bonds. The number of aromatic nitrogens is 5. The van der Waals surface area contributed by atoms with Gasteiger partial charge in [-0.3, -0.25) is 0 Å². The molecule has 6 nitrogen and oxygen atoms in total. The summed E-state index contributed by atoms with van der Waals surface area (Å²) in [7, 11) is 0. The van der Waals surface area contributed by atoms with E-state index in [-0.39, 0.29) is 5.82 Å². The highest BCUT2D eigenvalue weighted by Crippen LogP contribution is 2.21. The number of hydrogen-bond acceptors (Lipinski definition) is 5. The molecule has 0 N–H and O–H groups in total. The number of hydrogen-bond donors (Lipinski definition) is 0. The fraction of sp³-hybridized carbons (Fsp3) is 0.231. The Hall–Kier alpha value is -2.57. The van der Waals surface area contributed by atoms with E-state index in [1.807, 2.05) is 6.92 Å². The number of nitrogens with zero attached hydrogens (tertiary/aromatic N) is 5. The van der Waals surface area contributed by atoms with Crippen molar-refractivity contribution in [1.82, 2.24) is 25.1 Å². The highest BCUT2D eigenvalue weighted by Gasteiger charge is 2.17. The monoisotopic (exact) mass is 273 g/mol. The zero-order valence-electron chi connectivity index (χ0n) is 11.3. The molecule has 0 fully saturated rings. The maximum atomic E-state index is 13.6. The summed E-state index contributed by atoms with van der Waals surface area (Å²) in [6, 6.07) is 4.89. The lowest BCUT2D eigenvalue weighted by Gasteiger charge is -2.04. The summed E-state index contributed by atoms with van der Waals surface area (Å²) < 4.78 is 20.2. The molecule has 20 heavy (non-hydrogen) atoms. The first-order valence-electron chi connectivity index (χ1n) is 6.06. The third kappa shape index (κ3) is 1.97. The average Bonchev–Trinajstić information content (AvgIpc) is 2.99. The van der Waals surface area contributed by atoms with Gasteiger partial charge in [0.15, 0.2) is 11.5 Å². The van der Waals surface area contributed by atoms with Crippen molar-refractivity contribution >= 4 is 0 Å². The fourth-order valence-electron chi connectivity index (χ4n) is 1.88. The normalized spacial score (nSPS) is 11.0. The summed E-state index contributed by atoms with van der Waals surface area (Å²) in [5, 5.41) is 11.8. The van der Waals surface area contributed by atoms with Gasteiger partial charge in [-0.05, 0) is 38.5 Å². The second kappa shape index (κ2) is 4.52. The zero-order chi connectivity index (χ0) is 14.3. The summed E-state index contributed by atoms with van der Waals surface area (Å²) in [6.45, 7) is 5.24. The molecule has 0 aliphatic rings. The van der Waals surface area contributed by atoms with Crippen molar-refractivity contribution in [2.45, 2.75) is 20.8 Å². The van der Waals surface area contributed by atoms with Gasteiger partial charge in [-0.2, -0.15) is 4.98 Å². The van der Waals surface area contributed by atoms with Crippen molar-refractivity contribution in [2.24, 2.45) is 0 Å². The molecular weight excluding hydrogens is 261 g/mol. The number of benzene rings is 1. The number of rotatable bonds is 2. The highest BCUT2D eigenvalue weighted by atomic mass is 19.1. The van der Waals surface area contributed by atoms with Crippen LogP contribution in [0.15, 0.2) is 22.7 Å². The Morgan fingerprint density at radius 3 is 2.65 bits per heavy atom. The van der Waals surface area contributed by atoms with Crippen LogP contribution in [0.3, 0.4) is 0 Å². The average molecular weight is 273 g/mol. The Morgan fingerprint density at radius 1 is 1.20 bits per heavy atom. The third-order valence-electron chi connectivity index (χ3n) is 3.02. The van der Waals surface area contributed by atoms with Gasteiger partial charge in [0.25, 0.3) is 5.89 Å². The molecule has 0 aliphatic carbocycles. The zero-order valence-corrected chi connectivity index (χ0v) is 11.3. The van der Waals surface area contributed by atoms with Crippen LogP contribution in [0.4, 0.5) is 4.39 Å². The summed E-state index contributed by atoms with van der Waals surface area (Å²) >= 11 is 0. The summed E-state index contributed by atoms with van der Waals surface area (Å²) in [6.07, 6.45) is 0. The molecule has 3 aromatic rings. The van der Waals surface area contributed by atoms with Gasteiger partial charge in [-0.25, -0.2) is 9.07 Å². The van der Waals surface area contributed by atoms with E-state index in [0.717, 1.165) is 0 Å². The lowest BCUT2D eigenvalue weighted by atomic mass is 10.2. The van der Waals surface area contributed by atoms with E-state index < -0.39 is 0 Å². The lowest BCUT2D eigenvalue weighted by Crippen LogP contribution is -2.00. The van der Waals surface area contributed by atoms with Gasteiger partial charge in [0, 0.05) is 0 Å². The molecule has 102 valence electrons. The molecule has 2 aromatic heterocycles. The van der Waals surface area contributed by atoms with Crippen LogP contribution in [0, 0.1) is 26.6 Å². The minimum absolute atomic E-state index is 0.285. The SMILES string of the molecule is Cc1noc(-c2nnn(-c3ccc(C)c(F)c3)c2C)n1. The predicted molar refractivity (Wildman–Crippen MR) is 68.8 cm³/mol. The summed E-state index contributed by atoms with van der Waals surface area (Å²) in [5.74, 6) is 0.543. The Bertz CT molecular complexity index is 777. The smallest absolute Gasteiger partial charge is 0.280 e. The standard InChI is InChI=1S/C13H12FN5O/c1-7-4-5-10(6-11(7)14)19-8(2)12(16-18-19)13-15-9(3)17-20-13/h4-6H,1-3H3. The number of aryl methyl sites for hydroxylation is 2. The Balaban J connectivity index is 2.08. The van der Waals surface area contributed by atoms with Gasteiger partial charge < -0.3 is 4.52 Å². The summed E-state index contributed by atoms with van der Waals surface area (Å²) in [4.78, 5) is 4.11. The van der Waals surface area contributed by atoms with Gasteiger partial charge in [-0.1, -0.05) is 16.4 Å². The van der Waals surface area contributed by atoms with E-state index in [1.165, 1.54) is 10.7 Å². The van der Waals surface area contributed by atoms with E-state index in [4.69, 9.17) is 4.52 Å². The third-order valence-corrected chi connectivity index (χ3v) is 3.02. The molecule has 0 aliphatic heterocycles. The van der Waals surface area contributed by atoms with Crippen LogP contribution >= 0.6 is 0 Å². The first-order chi connectivity index (χ1) is 9.56. The van der Waals surface area contributed by atoms with Gasteiger partial charge in [-0.15, -0.1) is 5.10 Å². The van der Waals surface area contributed by atoms with Crippen molar-refractivity contribution in [1.29, 1.82) is 0 Å². The quantitative estimate of drug-likeness (QED) is 0.717. The maximum Gasteiger partial charge on any atom is 0.280 e. The molecular formula is C13H12FN5O. The Kier molecular flexibility index (Phi) is 2.81.